The van der Waals surface area contributed by atoms with E-state index in [9.17, 15) is 24.6 Å². The zero-order valence-electron chi connectivity index (χ0n) is 14.8. The van der Waals surface area contributed by atoms with Crippen LogP contribution in [0.4, 0.5) is 5.69 Å². The normalized spacial score (nSPS) is 11.0. The molecule has 3 aromatic rings. The molecular formula is C19H18N2O6. The fraction of sp³-hybridized carbons (Fsp3) is 0.263. The number of hydrogen-bond acceptors (Lipinski definition) is 6. The van der Waals surface area contributed by atoms with Crippen molar-refractivity contribution in [3.05, 3.63) is 45.4 Å². The van der Waals surface area contributed by atoms with Gasteiger partial charge < -0.3 is 19.9 Å². The predicted molar refractivity (Wildman–Crippen MR) is 99.9 cm³/mol. The lowest BCUT2D eigenvalue weighted by Gasteiger charge is -2.14. The van der Waals surface area contributed by atoms with E-state index < -0.39 is 23.1 Å². The number of benzene rings is 1. The van der Waals surface area contributed by atoms with Gasteiger partial charge in [0.2, 0.25) is 5.76 Å². The van der Waals surface area contributed by atoms with E-state index in [1.807, 2.05) is 13.8 Å². The summed E-state index contributed by atoms with van der Waals surface area (Å²) >= 11 is 0. The number of carboxylic acid groups (broad SMARTS) is 2. The molecule has 0 saturated heterocycles. The molecule has 3 rings (SSSR count). The number of nitrogens with one attached hydrogen (secondary N) is 1. The highest BCUT2D eigenvalue weighted by Crippen LogP contribution is 2.32. The molecule has 8 nitrogen and oxygen atoms in total. The van der Waals surface area contributed by atoms with Gasteiger partial charge in [-0.2, -0.15) is 0 Å². The zero-order valence-corrected chi connectivity index (χ0v) is 14.8. The number of anilines is 1. The van der Waals surface area contributed by atoms with Crippen molar-refractivity contribution >= 4 is 39.5 Å². The minimum absolute atomic E-state index is 0.131. The fourth-order valence-electron chi connectivity index (χ4n) is 3.08. The standard InChI is InChI=1S/C19H18N2O6/c1-3-5-9-16-10(12(20-4-2)7-13(21-16)18(23)24)6-11-14(22)8-15(19(25)26)27-17(9)11/h6-8H,3-5H2,1-2H3,(H,20,21)(H,23,24)(H,25,26). The highest BCUT2D eigenvalue weighted by atomic mass is 16.4. The first kappa shape index (κ1) is 18.4. The lowest BCUT2D eigenvalue weighted by Crippen LogP contribution is -2.10. The van der Waals surface area contributed by atoms with Gasteiger partial charge in [-0.3, -0.25) is 4.79 Å². The Bertz CT molecular complexity index is 1130. The van der Waals surface area contributed by atoms with E-state index >= 15 is 0 Å². The van der Waals surface area contributed by atoms with Gasteiger partial charge >= 0.3 is 11.9 Å². The summed E-state index contributed by atoms with van der Waals surface area (Å²) in [5, 5.41) is 22.5. The lowest BCUT2D eigenvalue weighted by molar-refractivity contribution is 0.0660. The zero-order chi connectivity index (χ0) is 19.7. The van der Waals surface area contributed by atoms with Gasteiger partial charge in [0.05, 0.1) is 10.9 Å². The van der Waals surface area contributed by atoms with Crippen LogP contribution < -0.4 is 10.7 Å². The van der Waals surface area contributed by atoms with Crippen molar-refractivity contribution in [2.45, 2.75) is 26.7 Å². The first-order chi connectivity index (χ1) is 12.9. The van der Waals surface area contributed by atoms with Crippen LogP contribution >= 0.6 is 0 Å². The van der Waals surface area contributed by atoms with Crippen molar-refractivity contribution in [1.29, 1.82) is 0 Å². The van der Waals surface area contributed by atoms with Crippen LogP contribution in [0.15, 0.2) is 27.4 Å². The molecule has 0 atom stereocenters. The SMILES string of the molecule is CCCc1c2nc(C(=O)O)cc(NCC)c2cc2c(=O)cc(C(=O)O)oc12. The van der Waals surface area contributed by atoms with E-state index in [-0.39, 0.29) is 16.7 Å². The molecule has 3 N–H and O–H groups in total. The van der Waals surface area contributed by atoms with Crippen molar-refractivity contribution in [3.63, 3.8) is 0 Å². The van der Waals surface area contributed by atoms with E-state index in [0.717, 1.165) is 6.07 Å². The molecule has 0 saturated carbocycles. The molecule has 0 fully saturated rings. The van der Waals surface area contributed by atoms with Crippen molar-refractivity contribution in [3.8, 4) is 0 Å². The van der Waals surface area contributed by atoms with Gasteiger partial charge in [-0.1, -0.05) is 13.3 Å². The Balaban J connectivity index is 2.54. The van der Waals surface area contributed by atoms with Crippen LogP contribution in [0.3, 0.4) is 0 Å². The number of aromatic carboxylic acids is 2. The smallest absolute Gasteiger partial charge is 0.371 e. The number of fused-ring (bicyclic) bond motifs is 2. The molecule has 0 spiro atoms. The van der Waals surface area contributed by atoms with Gasteiger partial charge in [0.25, 0.3) is 0 Å². The van der Waals surface area contributed by atoms with E-state index in [1.165, 1.54) is 6.07 Å². The van der Waals surface area contributed by atoms with Gasteiger partial charge in [0.1, 0.15) is 5.58 Å². The first-order valence-electron chi connectivity index (χ1n) is 8.52. The molecule has 0 bridgehead atoms. The topological polar surface area (TPSA) is 130 Å². The van der Waals surface area contributed by atoms with Gasteiger partial charge in [0.15, 0.2) is 11.1 Å². The Morgan fingerprint density at radius 3 is 2.44 bits per heavy atom. The van der Waals surface area contributed by atoms with Crippen molar-refractivity contribution in [1.82, 2.24) is 4.98 Å². The summed E-state index contributed by atoms with van der Waals surface area (Å²) in [6.07, 6.45) is 1.12. The summed E-state index contributed by atoms with van der Waals surface area (Å²) in [6.45, 7) is 4.33. The third-order valence-corrected chi connectivity index (χ3v) is 4.19. The maximum Gasteiger partial charge on any atom is 0.371 e. The number of rotatable bonds is 6. The van der Waals surface area contributed by atoms with Gasteiger partial charge in [-0.25, -0.2) is 14.6 Å². The minimum Gasteiger partial charge on any atom is -0.477 e. The van der Waals surface area contributed by atoms with Crippen molar-refractivity contribution in [2.24, 2.45) is 0 Å². The highest BCUT2D eigenvalue weighted by Gasteiger charge is 2.20. The van der Waals surface area contributed by atoms with Crippen LogP contribution in [-0.2, 0) is 6.42 Å². The molecule has 0 unspecified atom stereocenters. The lowest BCUT2D eigenvalue weighted by atomic mass is 9.99. The van der Waals surface area contributed by atoms with Crippen LogP contribution in [0.2, 0.25) is 0 Å². The molecule has 8 heteroatoms. The predicted octanol–water partition coefficient (Wildman–Crippen LogP) is 3.12. The van der Waals surface area contributed by atoms with Gasteiger partial charge in [0, 0.05) is 29.2 Å². The fourth-order valence-corrected chi connectivity index (χ4v) is 3.08. The van der Waals surface area contributed by atoms with Gasteiger partial charge in [-0.05, 0) is 25.5 Å². The number of carbonyl (C=O) groups is 2. The molecule has 140 valence electrons. The summed E-state index contributed by atoms with van der Waals surface area (Å²) in [6, 6.07) is 3.93. The second-order valence-electron chi connectivity index (χ2n) is 6.05. The molecule has 0 amide bonds. The number of hydrogen-bond donors (Lipinski definition) is 3. The third kappa shape index (κ3) is 3.21. The largest absolute Gasteiger partial charge is 0.477 e. The average Bonchev–Trinajstić information content (AvgIpc) is 2.62. The summed E-state index contributed by atoms with van der Waals surface area (Å²) in [5.74, 6) is -3.00. The molecule has 27 heavy (non-hydrogen) atoms. The quantitative estimate of drug-likeness (QED) is 0.564. The number of carboxylic acids is 2. The summed E-state index contributed by atoms with van der Waals surface area (Å²) < 4.78 is 5.49. The molecule has 2 heterocycles. The number of pyridine rings is 1. The van der Waals surface area contributed by atoms with E-state index in [4.69, 9.17) is 4.42 Å². The Morgan fingerprint density at radius 2 is 1.85 bits per heavy atom. The minimum atomic E-state index is -1.35. The Kier molecular flexibility index (Phi) is 4.81. The monoisotopic (exact) mass is 370 g/mol. The van der Waals surface area contributed by atoms with Crippen LogP contribution in [0.5, 0.6) is 0 Å². The molecule has 0 radical (unpaired) electrons. The Labute approximate surface area is 153 Å². The van der Waals surface area contributed by atoms with Gasteiger partial charge in [-0.15, -0.1) is 0 Å². The molecule has 0 aliphatic heterocycles. The molecule has 2 aromatic heterocycles. The van der Waals surface area contributed by atoms with E-state index in [2.05, 4.69) is 10.3 Å². The maximum absolute atomic E-state index is 12.5. The average molecular weight is 370 g/mol. The molecule has 0 aliphatic carbocycles. The van der Waals surface area contributed by atoms with E-state index in [0.29, 0.717) is 41.5 Å². The van der Waals surface area contributed by atoms with Crippen molar-refractivity contribution in [2.75, 3.05) is 11.9 Å². The Hall–Kier alpha value is -3.42. The van der Waals surface area contributed by atoms with E-state index in [1.54, 1.807) is 6.07 Å². The maximum atomic E-state index is 12.5. The molecule has 0 aliphatic rings. The van der Waals surface area contributed by atoms with Crippen LogP contribution in [0.1, 0.15) is 46.9 Å². The van der Waals surface area contributed by atoms with Crippen LogP contribution in [-0.4, -0.2) is 33.7 Å². The molecular weight excluding hydrogens is 352 g/mol. The number of nitrogens with zero attached hydrogens (tertiary/aromatic N) is 1. The summed E-state index contributed by atoms with van der Waals surface area (Å²) in [7, 11) is 0. The molecule has 1 aromatic carbocycles. The second kappa shape index (κ2) is 7.06. The first-order valence-corrected chi connectivity index (χ1v) is 8.52. The van der Waals surface area contributed by atoms with Crippen molar-refractivity contribution < 1.29 is 24.2 Å². The van der Waals surface area contributed by atoms with Crippen LogP contribution in [0.25, 0.3) is 21.9 Å². The Morgan fingerprint density at radius 1 is 1.11 bits per heavy atom. The summed E-state index contributed by atoms with van der Waals surface area (Å²) in [4.78, 5) is 39.5. The third-order valence-electron chi connectivity index (χ3n) is 4.19. The number of aryl methyl sites for hydroxylation is 1. The van der Waals surface area contributed by atoms with Crippen LogP contribution in [0, 0.1) is 0 Å². The second-order valence-corrected chi connectivity index (χ2v) is 6.05. The highest BCUT2D eigenvalue weighted by molar-refractivity contribution is 6.05. The summed E-state index contributed by atoms with van der Waals surface area (Å²) in [5.41, 5.74) is 0.954. The number of aromatic nitrogens is 1.